The molecule has 1 aromatic heterocycles. The van der Waals surface area contributed by atoms with Crippen LogP contribution in [0, 0.1) is 6.92 Å². The molecule has 0 saturated heterocycles. The molecule has 2 rings (SSSR count). The van der Waals surface area contributed by atoms with Gasteiger partial charge in [0.2, 0.25) is 0 Å². The van der Waals surface area contributed by atoms with Gasteiger partial charge in [0.05, 0.1) is 12.3 Å². The topological polar surface area (TPSA) is 68.0 Å². The zero-order chi connectivity index (χ0) is 15.2. The smallest absolute Gasteiger partial charge is 0.313 e. The molecule has 2 aromatic rings. The van der Waals surface area contributed by atoms with Gasteiger partial charge in [-0.3, -0.25) is 4.79 Å². The summed E-state index contributed by atoms with van der Waals surface area (Å²) in [4.78, 5) is 10.7. The normalized spacial score (nSPS) is 10.8. The number of hydrogen-bond acceptors (Lipinski definition) is 4. The molecule has 0 radical (unpaired) electrons. The number of carboxylic acid groups (broad SMARTS) is 1. The van der Waals surface area contributed by atoms with E-state index in [-0.39, 0.29) is 5.75 Å². The van der Waals surface area contributed by atoms with Crippen LogP contribution < -0.4 is 0 Å². The fraction of sp³-hybridized carbons (Fsp3) is 0.400. The first kappa shape index (κ1) is 15.6. The minimum absolute atomic E-state index is 0.00191. The summed E-state index contributed by atoms with van der Waals surface area (Å²) in [5.41, 5.74) is 2.38. The lowest BCUT2D eigenvalue weighted by Crippen LogP contribution is -2.08. The van der Waals surface area contributed by atoms with Crippen molar-refractivity contribution in [1.29, 1.82) is 0 Å². The standard InChI is InChI=1S/C15H19N3O2S/c1-3-5-13-16-17-15(21-10-14(19)20)18(13)9-12-7-4-6-11(2)8-12/h4,6-8H,3,5,9-10H2,1-2H3,(H,19,20). The number of aliphatic carboxylic acids is 1. The van der Waals surface area contributed by atoms with Crippen LogP contribution in [-0.2, 0) is 17.8 Å². The van der Waals surface area contributed by atoms with Crippen LogP contribution in [0.25, 0.3) is 0 Å². The average Bonchev–Trinajstić information content (AvgIpc) is 2.80. The summed E-state index contributed by atoms with van der Waals surface area (Å²) in [5.74, 6) is 0.0620. The van der Waals surface area contributed by atoms with Crippen LogP contribution in [0.4, 0.5) is 0 Å². The number of rotatable bonds is 7. The van der Waals surface area contributed by atoms with Gasteiger partial charge in [-0.2, -0.15) is 0 Å². The number of aromatic nitrogens is 3. The summed E-state index contributed by atoms with van der Waals surface area (Å²) in [6.07, 6.45) is 1.82. The highest BCUT2D eigenvalue weighted by Crippen LogP contribution is 2.19. The molecule has 1 N–H and O–H groups in total. The van der Waals surface area contributed by atoms with Gasteiger partial charge >= 0.3 is 5.97 Å². The second-order valence-corrected chi connectivity index (χ2v) is 5.85. The molecule has 0 aliphatic carbocycles. The summed E-state index contributed by atoms with van der Waals surface area (Å²) in [5, 5.41) is 17.8. The number of thioether (sulfide) groups is 1. The second-order valence-electron chi connectivity index (χ2n) is 4.91. The van der Waals surface area contributed by atoms with E-state index >= 15 is 0 Å². The lowest BCUT2D eigenvalue weighted by Gasteiger charge is -2.10. The van der Waals surface area contributed by atoms with Crippen molar-refractivity contribution in [1.82, 2.24) is 14.8 Å². The Hall–Kier alpha value is -1.82. The third-order valence-corrected chi connectivity index (χ3v) is 3.97. The summed E-state index contributed by atoms with van der Waals surface area (Å²) >= 11 is 1.22. The molecule has 0 aliphatic heterocycles. The highest BCUT2D eigenvalue weighted by Gasteiger charge is 2.13. The molecule has 21 heavy (non-hydrogen) atoms. The monoisotopic (exact) mass is 305 g/mol. The Kier molecular flexibility index (Phi) is 5.38. The first-order chi connectivity index (χ1) is 10.1. The third-order valence-electron chi connectivity index (χ3n) is 3.01. The van der Waals surface area contributed by atoms with Gasteiger partial charge in [-0.05, 0) is 18.9 Å². The minimum atomic E-state index is -0.845. The Bertz CT molecular complexity index is 625. The first-order valence-corrected chi connectivity index (χ1v) is 7.91. The molecular formula is C15H19N3O2S. The van der Waals surface area contributed by atoms with Gasteiger partial charge in [-0.25, -0.2) is 0 Å². The summed E-state index contributed by atoms with van der Waals surface area (Å²) in [7, 11) is 0. The molecule has 0 amide bonds. The number of nitrogens with zero attached hydrogens (tertiary/aromatic N) is 3. The van der Waals surface area contributed by atoms with Crippen molar-refractivity contribution < 1.29 is 9.90 Å². The molecule has 0 unspecified atom stereocenters. The number of benzene rings is 1. The van der Waals surface area contributed by atoms with E-state index in [2.05, 4.69) is 42.2 Å². The number of hydrogen-bond donors (Lipinski definition) is 1. The van der Waals surface area contributed by atoms with Gasteiger partial charge in [0.15, 0.2) is 5.16 Å². The molecule has 0 fully saturated rings. The second kappa shape index (κ2) is 7.26. The van der Waals surface area contributed by atoms with Crippen LogP contribution >= 0.6 is 11.8 Å². The van der Waals surface area contributed by atoms with Gasteiger partial charge < -0.3 is 9.67 Å². The maximum atomic E-state index is 10.7. The molecule has 1 aromatic carbocycles. The van der Waals surface area contributed by atoms with E-state index in [4.69, 9.17) is 5.11 Å². The zero-order valence-electron chi connectivity index (χ0n) is 12.2. The fourth-order valence-corrected chi connectivity index (χ4v) is 2.79. The van der Waals surface area contributed by atoms with E-state index in [0.717, 1.165) is 18.7 Å². The molecule has 0 aliphatic rings. The summed E-state index contributed by atoms with van der Waals surface area (Å²) < 4.78 is 2.02. The predicted octanol–water partition coefficient (Wildman–Crippen LogP) is 2.76. The molecule has 1 heterocycles. The maximum absolute atomic E-state index is 10.7. The van der Waals surface area contributed by atoms with Gasteiger partial charge in [-0.1, -0.05) is 48.5 Å². The zero-order valence-corrected chi connectivity index (χ0v) is 13.1. The lowest BCUT2D eigenvalue weighted by atomic mass is 10.1. The Morgan fingerprint density at radius 1 is 1.38 bits per heavy atom. The molecule has 5 nitrogen and oxygen atoms in total. The molecule has 0 spiro atoms. The Labute approximate surface area is 128 Å². The van der Waals surface area contributed by atoms with Crippen molar-refractivity contribution >= 4 is 17.7 Å². The summed E-state index contributed by atoms with van der Waals surface area (Å²) in [6.45, 7) is 4.82. The van der Waals surface area contributed by atoms with Crippen LogP contribution in [0.2, 0.25) is 0 Å². The highest BCUT2D eigenvalue weighted by molar-refractivity contribution is 7.99. The van der Waals surface area contributed by atoms with Crippen LogP contribution in [0.15, 0.2) is 29.4 Å². The van der Waals surface area contributed by atoms with Gasteiger partial charge in [-0.15, -0.1) is 10.2 Å². The first-order valence-electron chi connectivity index (χ1n) is 6.92. The van der Waals surface area contributed by atoms with E-state index in [0.29, 0.717) is 11.7 Å². The lowest BCUT2D eigenvalue weighted by molar-refractivity contribution is -0.133. The van der Waals surface area contributed by atoms with Gasteiger partial charge in [0, 0.05) is 6.42 Å². The SMILES string of the molecule is CCCc1nnc(SCC(=O)O)n1Cc1cccc(C)c1. The van der Waals surface area contributed by atoms with E-state index in [1.165, 1.54) is 22.9 Å². The van der Waals surface area contributed by atoms with Crippen molar-refractivity contribution in [2.75, 3.05) is 5.75 Å². The Morgan fingerprint density at radius 3 is 2.86 bits per heavy atom. The van der Waals surface area contributed by atoms with E-state index in [1.807, 2.05) is 10.6 Å². The Balaban J connectivity index is 2.25. The molecule has 0 saturated carbocycles. The van der Waals surface area contributed by atoms with Crippen molar-refractivity contribution in [3.63, 3.8) is 0 Å². The largest absolute Gasteiger partial charge is 0.481 e. The molecule has 0 atom stereocenters. The van der Waals surface area contributed by atoms with E-state index in [1.54, 1.807) is 0 Å². The molecular weight excluding hydrogens is 286 g/mol. The Morgan fingerprint density at radius 2 is 2.19 bits per heavy atom. The van der Waals surface area contributed by atoms with Crippen molar-refractivity contribution in [3.05, 3.63) is 41.2 Å². The summed E-state index contributed by atoms with van der Waals surface area (Å²) in [6, 6.07) is 8.27. The van der Waals surface area contributed by atoms with E-state index in [9.17, 15) is 4.79 Å². The maximum Gasteiger partial charge on any atom is 0.313 e. The fourth-order valence-electron chi connectivity index (χ4n) is 2.11. The average molecular weight is 305 g/mol. The molecule has 6 heteroatoms. The van der Waals surface area contributed by atoms with Crippen LogP contribution in [0.1, 0.15) is 30.3 Å². The van der Waals surface area contributed by atoms with E-state index < -0.39 is 5.97 Å². The van der Waals surface area contributed by atoms with Crippen LogP contribution in [-0.4, -0.2) is 31.6 Å². The highest BCUT2D eigenvalue weighted by atomic mass is 32.2. The third kappa shape index (κ3) is 4.32. The predicted molar refractivity (Wildman–Crippen MR) is 82.7 cm³/mol. The van der Waals surface area contributed by atoms with Crippen molar-refractivity contribution in [2.24, 2.45) is 0 Å². The van der Waals surface area contributed by atoms with Crippen LogP contribution in [0.3, 0.4) is 0 Å². The van der Waals surface area contributed by atoms with Crippen molar-refractivity contribution in [3.8, 4) is 0 Å². The van der Waals surface area contributed by atoms with Crippen molar-refractivity contribution in [2.45, 2.75) is 38.4 Å². The van der Waals surface area contributed by atoms with Gasteiger partial charge in [0.25, 0.3) is 0 Å². The molecule has 112 valence electrons. The van der Waals surface area contributed by atoms with Gasteiger partial charge in [0.1, 0.15) is 5.82 Å². The minimum Gasteiger partial charge on any atom is -0.481 e. The number of carboxylic acids is 1. The number of aryl methyl sites for hydroxylation is 2. The molecule has 0 bridgehead atoms. The van der Waals surface area contributed by atoms with Crippen LogP contribution in [0.5, 0.6) is 0 Å². The number of carbonyl (C=O) groups is 1. The quantitative estimate of drug-likeness (QED) is 0.797.